The average Bonchev–Trinajstić information content (AvgIpc) is 3.51. The molecule has 38 heavy (non-hydrogen) atoms. The molecule has 1 saturated carbocycles. The fourth-order valence-electron chi connectivity index (χ4n) is 4.76. The topological polar surface area (TPSA) is 111 Å². The molecule has 0 unspecified atom stereocenters. The number of rotatable bonds is 8. The van der Waals surface area contributed by atoms with Crippen LogP contribution < -0.4 is 10.6 Å². The monoisotopic (exact) mass is 524 g/mol. The molecule has 10 heteroatoms. The van der Waals surface area contributed by atoms with E-state index in [9.17, 15) is 23.9 Å². The number of hydrogen-bond acceptors (Lipinski definition) is 5. The summed E-state index contributed by atoms with van der Waals surface area (Å²) in [7, 11) is 1.58. The van der Waals surface area contributed by atoms with Crippen molar-refractivity contribution in [1.82, 2.24) is 20.4 Å². The number of benzene rings is 1. The third-order valence-corrected chi connectivity index (χ3v) is 6.98. The Morgan fingerprint density at radius 1 is 1.08 bits per heavy atom. The molecule has 0 aromatic heterocycles. The molecule has 2 saturated heterocycles. The minimum Gasteiger partial charge on any atom is -0.465 e. The molecule has 2 heterocycles. The molecule has 3 aliphatic rings. The first-order chi connectivity index (χ1) is 18.3. The van der Waals surface area contributed by atoms with Crippen LogP contribution in [0.2, 0.25) is 0 Å². The third-order valence-electron chi connectivity index (χ3n) is 6.98. The quantitative estimate of drug-likeness (QED) is 0.443. The molecule has 1 aromatic carbocycles. The van der Waals surface area contributed by atoms with Gasteiger partial charge in [0, 0.05) is 50.7 Å². The van der Waals surface area contributed by atoms with Crippen LogP contribution in [0.25, 0.3) is 0 Å². The zero-order chi connectivity index (χ0) is 27.1. The van der Waals surface area contributed by atoms with E-state index in [0.29, 0.717) is 38.6 Å². The van der Waals surface area contributed by atoms with E-state index in [1.807, 2.05) is 29.2 Å². The van der Waals surface area contributed by atoms with Crippen LogP contribution in [-0.4, -0.2) is 90.5 Å². The Morgan fingerprint density at radius 2 is 1.84 bits per heavy atom. The second kappa shape index (κ2) is 12.8. The minimum absolute atomic E-state index is 0.166. The summed E-state index contributed by atoms with van der Waals surface area (Å²) in [6.45, 7) is 1.34. The predicted octanol–water partition coefficient (Wildman–Crippen LogP) is 1.36. The molecule has 0 spiro atoms. The van der Waals surface area contributed by atoms with Crippen molar-refractivity contribution in [3.05, 3.63) is 35.4 Å². The molecule has 1 aliphatic carbocycles. The molecular formula is C28H33FN4O5. The van der Waals surface area contributed by atoms with Crippen LogP contribution in [0.1, 0.15) is 36.8 Å². The van der Waals surface area contributed by atoms with Crippen LogP contribution in [0.4, 0.5) is 9.18 Å². The Hall–Kier alpha value is -3.60. The van der Waals surface area contributed by atoms with E-state index in [1.54, 1.807) is 7.11 Å². The number of likely N-dealkylation sites (tertiary alicyclic amines) is 2. The summed E-state index contributed by atoms with van der Waals surface area (Å²) in [6, 6.07) is 5.68. The van der Waals surface area contributed by atoms with Crippen molar-refractivity contribution in [3.8, 4) is 23.7 Å². The largest absolute Gasteiger partial charge is 0.465 e. The van der Waals surface area contributed by atoms with E-state index in [1.165, 1.54) is 12.8 Å². The van der Waals surface area contributed by atoms with Crippen molar-refractivity contribution in [2.75, 3.05) is 33.4 Å². The summed E-state index contributed by atoms with van der Waals surface area (Å²) in [4.78, 5) is 40.0. The summed E-state index contributed by atoms with van der Waals surface area (Å²) >= 11 is 0. The molecule has 4 rings (SSSR count). The molecule has 3 fully saturated rings. The maximum atomic E-state index is 13.8. The summed E-state index contributed by atoms with van der Waals surface area (Å²) < 4.78 is 19.0. The number of hydrogen-bond donors (Lipinski definition) is 3. The molecular weight excluding hydrogens is 491 g/mol. The Balaban J connectivity index is 1.31. The Morgan fingerprint density at radius 3 is 2.53 bits per heavy atom. The number of methoxy groups -OCH3 is 1. The number of halogens is 1. The first-order valence-corrected chi connectivity index (χ1v) is 12.9. The lowest BCUT2D eigenvalue weighted by atomic mass is 10.1. The van der Waals surface area contributed by atoms with Gasteiger partial charge in [-0.3, -0.25) is 19.4 Å². The van der Waals surface area contributed by atoms with Crippen LogP contribution in [-0.2, 0) is 20.9 Å². The maximum Gasteiger partial charge on any atom is 0.408 e. The molecule has 2 aliphatic heterocycles. The molecule has 0 bridgehead atoms. The predicted molar refractivity (Wildman–Crippen MR) is 137 cm³/mol. The highest BCUT2D eigenvalue weighted by molar-refractivity contribution is 5.87. The van der Waals surface area contributed by atoms with Crippen molar-refractivity contribution in [2.24, 2.45) is 5.92 Å². The lowest BCUT2D eigenvalue weighted by Crippen LogP contribution is -2.49. The molecule has 202 valence electrons. The average molecular weight is 525 g/mol. The van der Waals surface area contributed by atoms with Crippen LogP contribution in [0, 0.1) is 29.6 Å². The first-order valence-electron chi connectivity index (χ1n) is 12.9. The van der Waals surface area contributed by atoms with Crippen LogP contribution in [0.15, 0.2) is 24.3 Å². The lowest BCUT2D eigenvalue weighted by molar-refractivity contribution is -0.126. The van der Waals surface area contributed by atoms with E-state index in [0.717, 1.165) is 16.0 Å². The van der Waals surface area contributed by atoms with Crippen molar-refractivity contribution < 1.29 is 28.6 Å². The van der Waals surface area contributed by atoms with Gasteiger partial charge < -0.3 is 20.5 Å². The van der Waals surface area contributed by atoms with Crippen LogP contribution in [0.5, 0.6) is 0 Å². The molecule has 0 radical (unpaired) electrons. The number of nitrogens with zero attached hydrogens (tertiary/aromatic N) is 2. The van der Waals surface area contributed by atoms with Gasteiger partial charge in [-0.2, -0.15) is 0 Å². The van der Waals surface area contributed by atoms with E-state index >= 15 is 0 Å². The summed E-state index contributed by atoms with van der Waals surface area (Å²) in [5, 5.41) is 15.1. The van der Waals surface area contributed by atoms with Crippen molar-refractivity contribution in [3.63, 3.8) is 0 Å². The Bertz CT molecular complexity index is 1150. The number of ether oxygens (including phenoxy) is 1. The van der Waals surface area contributed by atoms with E-state index < -0.39 is 30.3 Å². The van der Waals surface area contributed by atoms with Crippen molar-refractivity contribution in [2.45, 2.75) is 56.5 Å². The molecule has 3 N–H and O–H groups in total. The molecule has 3 amide bonds. The van der Waals surface area contributed by atoms with E-state index in [-0.39, 0.29) is 24.9 Å². The highest BCUT2D eigenvalue weighted by atomic mass is 19.1. The highest BCUT2D eigenvalue weighted by Crippen LogP contribution is 2.27. The lowest BCUT2D eigenvalue weighted by Gasteiger charge is -2.23. The highest BCUT2D eigenvalue weighted by Gasteiger charge is 2.42. The van der Waals surface area contributed by atoms with E-state index in [4.69, 9.17) is 4.74 Å². The smallest absolute Gasteiger partial charge is 0.408 e. The van der Waals surface area contributed by atoms with Gasteiger partial charge in [0.25, 0.3) is 0 Å². The Labute approximate surface area is 222 Å². The summed E-state index contributed by atoms with van der Waals surface area (Å²) in [5.74, 6) is 11.7. The van der Waals surface area contributed by atoms with Crippen molar-refractivity contribution in [1.29, 1.82) is 0 Å². The van der Waals surface area contributed by atoms with Gasteiger partial charge in [0.15, 0.2) is 0 Å². The summed E-state index contributed by atoms with van der Waals surface area (Å²) in [6.07, 6.45) is -0.163. The first kappa shape index (κ1) is 27.4. The fraction of sp³-hybridized carbons (Fsp3) is 0.536. The van der Waals surface area contributed by atoms with E-state index in [2.05, 4.69) is 34.3 Å². The summed E-state index contributed by atoms with van der Waals surface area (Å²) in [5.41, 5.74) is 1.78. The second-order valence-corrected chi connectivity index (χ2v) is 9.94. The van der Waals surface area contributed by atoms with Crippen LogP contribution >= 0.6 is 0 Å². The number of carbonyl (C=O) groups is 3. The normalized spacial score (nSPS) is 24.6. The standard InChI is InChI=1S/C28H33FN4O5/c1-38-13-12-32-18-23(31-27(35)25-14-22(29)17-33(25)28(36)37)15-24(32)26(34)30-16-21-10-8-20(9-11-21)5-3-2-4-19-6-7-19/h8-11,19,22-25H,6-7,12-18H2,1H3,(H,30,34)(H,31,35)(H,36,37)/t22-,23+,24+,25-/m0/s1. The van der Waals surface area contributed by atoms with Gasteiger partial charge in [-0.05, 0) is 48.8 Å². The number of alkyl halides is 1. The van der Waals surface area contributed by atoms with Gasteiger partial charge in [-0.15, -0.1) is 0 Å². The maximum absolute atomic E-state index is 13.8. The van der Waals surface area contributed by atoms with Gasteiger partial charge in [0.2, 0.25) is 11.8 Å². The van der Waals surface area contributed by atoms with Crippen LogP contribution in [0.3, 0.4) is 0 Å². The van der Waals surface area contributed by atoms with Gasteiger partial charge in [0.05, 0.1) is 19.2 Å². The minimum atomic E-state index is -1.37. The van der Waals surface area contributed by atoms with Gasteiger partial charge in [-0.25, -0.2) is 9.18 Å². The van der Waals surface area contributed by atoms with Gasteiger partial charge >= 0.3 is 6.09 Å². The number of amides is 3. The molecule has 9 nitrogen and oxygen atoms in total. The molecule has 1 aromatic rings. The SMILES string of the molecule is COCCN1C[C@H](NC(=O)[C@@H]2C[C@H](F)CN2C(=O)O)C[C@@H]1C(=O)NCc1ccc(C#CC#CC2CC2)cc1. The zero-order valence-electron chi connectivity index (χ0n) is 21.4. The third kappa shape index (κ3) is 7.47. The van der Waals surface area contributed by atoms with Gasteiger partial charge in [0.1, 0.15) is 12.2 Å². The number of carboxylic acid groups (broad SMARTS) is 1. The zero-order valence-corrected chi connectivity index (χ0v) is 21.4. The fourth-order valence-corrected chi connectivity index (χ4v) is 4.76. The number of carbonyl (C=O) groups excluding carboxylic acids is 2. The Kier molecular flexibility index (Phi) is 9.22. The van der Waals surface area contributed by atoms with Gasteiger partial charge in [-0.1, -0.05) is 24.0 Å². The number of nitrogens with one attached hydrogen (secondary N) is 2. The second-order valence-electron chi connectivity index (χ2n) is 9.94. The van der Waals surface area contributed by atoms with Crippen molar-refractivity contribution >= 4 is 17.9 Å². The molecule has 4 atom stereocenters.